The summed E-state index contributed by atoms with van der Waals surface area (Å²) in [6.07, 6.45) is 0. The molecule has 13 aromatic rings. The highest BCUT2D eigenvalue weighted by atomic mass is 127. The van der Waals surface area contributed by atoms with E-state index in [9.17, 15) is 0 Å². The highest BCUT2D eigenvalue weighted by Gasteiger charge is 2.16. The van der Waals surface area contributed by atoms with Crippen LogP contribution in [0.25, 0.3) is 121 Å². The van der Waals surface area contributed by atoms with Gasteiger partial charge in [-0.25, -0.2) is 0 Å². The van der Waals surface area contributed by atoms with Crippen LogP contribution in [0.3, 0.4) is 0 Å². The lowest BCUT2D eigenvalue weighted by Gasteiger charge is -2.09. The fourth-order valence-electron chi connectivity index (χ4n) is 10.1. The molecule has 0 spiro atoms. The Morgan fingerprint density at radius 1 is 0.219 bits per heavy atom. The van der Waals surface area contributed by atoms with Crippen molar-refractivity contribution >= 4 is 88.3 Å². The van der Waals surface area contributed by atoms with Crippen molar-refractivity contribution in [2.75, 3.05) is 0 Å². The molecule has 0 aliphatic carbocycles. The number of nitrogens with zero attached hydrogens (tertiary/aromatic N) is 3. The summed E-state index contributed by atoms with van der Waals surface area (Å²) in [7, 11) is 0. The molecule has 300 valence electrons. The third-order valence-corrected chi connectivity index (χ3v) is 14.2. The van der Waals surface area contributed by atoms with Crippen LogP contribution in [0, 0.1) is 0 Å². The maximum absolute atomic E-state index is 2.45. The standard InChI is InChI=1S/C60H38IN3/c61-64-59-33-29-45(41-23-19-39(20-24-41)43-27-31-57-51(35-43)49-15-7-9-17-55(49)62(57)47-11-3-1-4-12-47)37-53(59)54-38-46(30-34-60(54)64)42-25-21-40(22-26-42)44-28-32-58-52(36-44)50-16-8-10-18-56(50)63(58)48-13-5-2-6-14-48/h1-38H. The van der Waals surface area contributed by atoms with Gasteiger partial charge in [0.15, 0.2) is 0 Å². The van der Waals surface area contributed by atoms with Crippen molar-refractivity contribution in [1.82, 2.24) is 11.9 Å². The number of aromatic nitrogens is 3. The van der Waals surface area contributed by atoms with Crippen molar-refractivity contribution in [3.8, 4) is 55.9 Å². The van der Waals surface area contributed by atoms with Crippen LogP contribution in [0.1, 0.15) is 0 Å². The van der Waals surface area contributed by atoms with Crippen molar-refractivity contribution in [1.29, 1.82) is 0 Å². The molecule has 0 bridgehead atoms. The predicted octanol–water partition coefficient (Wildman–Crippen LogP) is 16.9. The van der Waals surface area contributed by atoms with Crippen LogP contribution in [-0.4, -0.2) is 11.9 Å². The Morgan fingerprint density at radius 3 is 0.844 bits per heavy atom. The van der Waals surface area contributed by atoms with Gasteiger partial charge in [-0.15, -0.1) is 0 Å². The minimum atomic E-state index is 1.17. The van der Waals surface area contributed by atoms with E-state index >= 15 is 0 Å². The summed E-state index contributed by atoms with van der Waals surface area (Å²) >= 11 is 2.45. The molecule has 3 heterocycles. The summed E-state index contributed by atoms with van der Waals surface area (Å²) in [5.74, 6) is 0. The maximum Gasteiger partial charge on any atom is 0.0646 e. The molecule has 10 aromatic carbocycles. The number of fused-ring (bicyclic) bond motifs is 9. The number of rotatable bonds is 6. The first-order chi connectivity index (χ1) is 31.6. The highest BCUT2D eigenvalue weighted by Crippen LogP contribution is 2.40. The zero-order valence-corrected chi connectivity index (χ0v) is 36.8. The summed E-state index contributed by atoms with van der Waals surface area (Å²) < 4.78 is 7.03. The molecule has 0 N–H and O–H groups in total. The van der Waals surface area contributed by atoms with Crippen LogP contribution in [0.5, 0.6) is 0 Å². The number of hydrogen-bond donors (Lipinski definition) is 0. The summed E-state index contributed by atoms with van der Waals surface area (Å²) in [6.45, 7) is 0. The number of halogens is 1. The van der Waals surface area contributed by atoms with E-state index in [1.54, 1.807) is 0 Å². The number of benzene rings is 10. The molecule has 0 unspecified atom stereocenters. The van der Waals surface area contributed by atoms with Gasteiger partial charge in [-0.2, -0.15) is 0 Å². The predicted molar refractivity (Wildman–Crippen MR) is 279 cm³/mol. The second-order valence-electron chi connectivity index (χ2n) is 16.7. The van der Waals surface area contributed by atoms with E-state index in [-0.39, 0.29) is 0 Å². The van der Waals surface area contributed by atoms with E-state index in [1.807, 2.05) is 0 Å². The van der Waals surface area contributed by atoms with Gasteiger partial charge in [-0.05, 0) is 129 Å². The molecule has 3 nitrogen and oxygen atoms in total. The van der Waals surface area contributed by atoms with Crippen LogP contribution in [0.2, 0.25) is 0 Å². The molecule has 0 aliphatic heterocycles. The van der Waals surface area contributed by atoms with E-state index in [1.165, 1.54) is 121 Å². The van der Waals surface area contributed by atoms with Gasteiger partial charge in [-0.1, -0.05) is 146 Å². The van der Waals surface area contributed by atoms with Crippen LogP contribution < -0.4 is 0 Å². The van der Waals surface area contributed by atoms with Crippen molar-refractivity contribution in [2.24, 2.45) is 0 Å². The van der Waals surface area contributed by atoms with Crippen molar-refractivity contribution in [3.05, 3.63) is 231 Å². The third-order valence-electron chi connectivity index (χ3n) is 13.2. The van der Waals surface area contributed by atoms with E-state index in [0.29, 0.717) is 0 Å². The Balaban J connectivity index is 0.817. The summed E-state index contributed by atoms with van der Waals surface area (Å²) in [4.78, 5) is 0. The topological polar surface area (TPSA) is 14.8 Å². The molecule has 4 heteroatoms. The molecular formula is C60H38IN3. The second-order valence-corrected chi connectivity index (χ2v) is 17.7. The first-order valence-electron chi connectivity index (χ1n) is 21.8. The summed E-state index contributed by atoms with van der Waals surface area (Å²) in [5, 5.41) is 7.57. The lowest BCUT2D eigenvalue weighted by Crippen LogP contribution is -1.92. The number of hydrogen-bond acceptors (Lipinski definition) is 0. The molecule has 0 fully saturated rings. The van der Waals surface area contributed by atoms with Crippen molar-refractivity contribution in [3.63, 3.8) is 0 Å². The molecule has 0 saturated heterocycles. The van der Waals surface area contributed by atoms with Crippen molar-refractivity contribution < 1.29 is 0 Å². The second kappa shape index (κ2) is 14.7. The van der Waals surface area contributed by atoms with Crippen molar-refractivity contribution in [2.45, 2.75) is 0 Å². The largest absolute Gasteiger partial charge is 0.309 e. The Hall–Kier alpha value is -7.67. The fourth-order valence-corrected chi connectivity index (χ4v) is 10.9. The first kappa shape index (κ1) is 36.9. The van der Waals surface area contributed by atoms with E-state index in [2.05, 4.69) is 265 Å². The monoisotopic (exact) mass is 927 g/mol. The van der Waals surface area contributed by atoms with Crippen LogP contribution >= 0.6 is 22.9 Å². The summed E-state index contributed by atoms with van der Waals surface area (Å²) in [5.41, 5.74) is 19.3. The van der Waals surface area contributed by atoms with Crippen LogP contribution in [-0.2, 0) is 0 Å². The SMILES string of the molecule is In1c2ccc(-c3ccc(-c4ccc5c(c4)c4ccccc4n5-c4ccccc4)cc3)cc2c2cc(-c3ccc(-c4ccc5c(c4)c4ccccc4n5-c4ccccc4)cc3)ccc21. The van der Waals surface area contributed by atoms with Crippen LogP contribution in [0.15, 0.2) is 231 Å². The van der Waals surface area contributed by atoms with E-state index < -0.39 is 0 Å². The van der Waals surface area contributed by atoms with Gasteiger partial charge in [0.05, 0.1) is 56.0 Å². The zero-order chi connectivity index (χ0) is 42.3. The van der Waals surface area contributed by atoms with Crippen LogP contribution in [0.4, 0.5) is 0 Å². The van der Waals surface area contributed by atoms with Gasteiger partial charge in [0.2, 0.25) is 0 Å². The minimum Gasteiger partial charge on any atom is -0.309 e. The molecule has 0 amide bonds. The number of para-hydroxylation sites is 4. The lowest BCUT2D eigenvalue weighted by molar-refractivity contribution is 1.18. The minimum absolute atomic E-state index is 1.17. The Kier molecular flexibility index (Phi) is 8.50. The zero-order valence-electron chi connectivity index (χ0n) is 34.7. The average Bonchev–Trinajstić information content (AvgIpc) is 3.98. The maximum atomic E-state index is 2.45. The van der Waals surface area contributed by atoms with Gasteiger partial charge in [-0.3, -0.25) is 2.78 Å². The Labute approximate surface area is 384 Å². The molecule has 0 saturated carbocycles. The van der Waals surface area contributed by atoms with E-state index in [0.717, 1.165) is 0 Å². The lowest BCUT2D eigenvalue weighted by atomic mass is 9.97. The molecule has 0 atom stereocenters. The average molecular weight is 928 g/mol. The fraction of sp³-hybridized carbons (Fsp3) is 0. The van der Waals surface area contributed by atoms with Gasteiger partial charge >= 0.3 is 0 Å². The molecule has 0 radical (unpaired) electrons. The Morgan fingerprint density at radius 2 is 0.484 bits per heavy atom. The van der Waals surface area contributed by atoms with Gasteiger partial charge in [0.25, 0.3) is 0 Å². The first-order valence-corrected chi connectivity index (χ1v) is 22.7. The quantitative estimate of drug-likeness (QED) is 0.148. The molecular weight excluding hydrogens is 890 g/mol. The van der Waals surface area contributed by atoms with Gasteiger partial charge < -0.3 is 9.13 Å². The van der Waals surface area contributed by atoms with Gasteiger partial charge in [0, 0.05) is 43.7 Å². The molecule has 13 rings (SSSR count). The molecule has 3 aromatic heterocycles. The molecule has 0 aliphatic rings. The van der Waals surface area contributed by atoms with E-state index in [4.69, 9.17) is 0 Å². The Bertz CT molecular complexity index is 3670. The highest BCUT2D eigenvalue weighted by molar-refractivity contribution is 14.1. The van der Waals surface area contributed by atoms with Gasteiger partial charge in [0.1, 0.15) is 0 Å². The third kappa shape index (κ3) is 5.86. The normalized spacial score (nSPS) is 11.8. The molecule has 64 heavy (non-hydrogen) atoms. The summed E-state index contributed by atoms with van der Waals surface area (Å²) in [6, 6.07) is 84.4. The smallest absolute Gasteiger partial charge is 0.0646 e.